The Morgan fingerprint density at radius 2 is 2.21 bits per heavy atom. The lowest BCUT2D eigenvalue weighted by atomic mass is 10.1. The Balaban J connectivity index is 1.78. The number of benzene rings is 1. The Labute approximate surface area is 139 Å². The number of aromatic nitrogens is 2. The molecule has 1 aromatic carbocycles. The van der Waals surface area contributed by atoms with Gasteiger partial charge in [-0.1, -0.05) is 0 Å². The third kappa shape index (κ3) is 3.36. The molecule has 0 bridgehead atoms. The third-order valence-electron chi connectivity index (χ3n) is 4.09. The molecule has 7 heteroatoms. The van der Waals surface area contributed by atoms with Crippen LogP contribution >= 0.6 is 0 Å². The number of imidazole rings is 1. The first-order chi connectivity index (χ1) is 11.5. The van der Waals surface area contributed by atoms with Gasteiger partial charge >= 0.3 is 6.55 Å². The number of nitrogens with zero attached hydrogens (tertiary/aromatic N) is 3. The van der Waals surface area contributed by atoms with Gasteiger partial charge in [0.2, 0.25) is 0 Å². The number of halogens is 2. The topological polar surface area (TPSA) is 39.5 Å². The fraction of sp³-hybridized carbons (Fsp3) is 0.471. The number of hydrogen-bond donors (Lipinski definition) is 0. The number of ether oxygens (including phenoxy) is 2. The molecule has 3 rings (SSSR count). The SMILES string of the molecule is COc1cc2c(c(CN(C)Cc3nccn3C(F)F)c1)OC(C)C2. The summed E-state index contributed by atoms with van der Waals surface area (Å²) in [7, 11) is 3.50. The summed E-state index contributed by atoms with van der Waals surface area (Å²) in [5.41, 5.74) is 2.12. The molecule has 1 aliphatic heterocycles. The molecule has 0 saturated carbocycles. The maximum absolute atomic E-state index is 12.9. The van der Waals surface area contributed by atoms with Crippen LogP contribution in [0.4, 0.5) is 8.78 Å². The lowest BCUT2D eigenvalue weighted by Crippen LogP contribution is -2.21. The van der Waals surface area contributed by atoms with Gasteiger partial charge in [0.05, 0.1) is 13.7 Å². The highest BCUT2D eigenvalue weighted by Gasteiger charge is 2.24. The normalized spacial score (nSPS) is 16.5. The van der Waals surface area contributed by atoms with Gasteiger partial charge in [0, 0.05) is 36.5 Å². The van der Waals surface area contributed by atoms with Crippen molar-refractivity contribution < 1.29 is 18.3 Å². The van der Waals surface area contributed by atoms with E-state index in [9.17, 15) is 8.78 Å². The van der Waals surface area contributed by atoms with Crippen molar-refractivity contribution in [2.75, 3.05) is 14.2 Å². The Hall–Kier alpha value is -2.15. The summed E-state index contributed by atoms with van der Waals surface area (Å²) in [6.45, 7) is 0.321. The molecule has 0 N–H and O–H groups in total. The van der Waals surface area contributed by atoms with Crippen molar-refractivity contribution in [1.29, 1.82) is 0 Å². The molecule has 1 unspecified atom stereocenters. The summed E-state index contributed by atoms with van der Waals surface area (Å²) in [6, 6.07) is 3.93. The van der Waals surface area contributed by atoms with E-state index in [1.165, 1.54) is 12.4 Å². The van der Waals surface area contributed by atoms with Crippen molar-refractivity contribution in [1.82, 2.24) is 14.5 Å². The quantitative estimate of drug-likeness (QED) is 0.811. The Morgan fingerprint density at radius 1 is 1.42 bits per heavy atom. The summed E-state index contributed by atoms with van der Waals surface area (Å²) >= 11 is 0. The molecular weight excluding hydrogens is 316 g/mol. The monoisotopic (exact) mass is 337 g/mol. The van der Waals surface area contributed by atoms with Gasteiger partial charge in [0.15, 0.2) is 0 Å². The van der Waals surface area contributed by atoms with E-state index >= 15 is 0 Å². The molecule has 1 aromatic heterocycles. The number of rotatable bonds is 6. The maximum Gasteiger partial charge on any atom is 0.319 e. The molecule has 130 valence electrons. The summed E-state index contributed by atoms with van der Waals surface area (Å²) in [5.74, 6) is 2.00. The molecule has 0 radical (unpaired) electrons. The molecule has 2 aromatic rings. The van der Waals surface area contributed by atoms with E-state index in [-0.39, 0.29) is 6.10 Å². The predicted octanol–water partition coefficient (Wildman–Crippen LogP) is 3.24. The molecule has 0 amide bonds. The highest BCUT2D eigenvalue weighted by molar-refractivity contribution is 5.49. The van der Waals surface area contributed by atoms with Gasteiger partial charge in [-0.15, -0.1) is 0 Å². The molecule has 1 aliphatic rings. The highest BCUT2D eigenvalue weighted by Crippen LogP contribution is 2.36. The minimum Gasteiger partial charge on any atom is -0.497 e. The average molecular weight is 337 g/mol. The molecule has 2 heterocycles. The van der Waals surface area contributed by atoms with Crippen LogP contribution in [-0.2, 0) is 19.5 Å². The largest absolute Gasteiger partial charge is 0.497 e. The van der Waals surface area contributed by atoms with Crippen molar-refractivity contribution in [2.45, 2.75) is 39.1 Å². The number of hydrogen-bond acceptors (Lipinski definition) is 4. The summed E-state index contributed by atoms with van der Waals surface area (Å²) in [5, 5.41) is 0. The lowest BCUT2D eigenvalue weighted by Gasteiger charge is -2.19. The molecule has 24 heavy (non-hydrogen) atoms. The van der Waals surface area contributed by atoms with Crippen LogP contribution in [0.15, 0.2) is 24.5 Å². The van der Waals surface area contributed by atoms with Gasteiger partial charge < -0.3 is 9.47 Å². The summed E-state index contributed by atoms with van der Waals surface area (Å²) in [6.07, 6.45) is 3.67. The van der Waals surface area contributed by atoms with Crippen molar-refractivity contribution in [2.24, 2.45) is 0 Å². The van der Waals surface area contributed by atoms with E-state index in [2.05, 4.69) is 4.98 Å². The zero-order valence-electron chi connectivity index (χ0n) is 14.0. The number of fused-ring (bicyclic) bond motifs is 1. The molecule has 5 nitrogen and oxygen atoms in total. The van der Waals surface area contributed by atoms with Crippen LogP contribution in [0.5, 0.6) is 11.5 Å². The first-order valence-electron chi connectivity index (χ1n) is 7.82. The summed E-state index contributed by atoms with van der Waals surface area (Å²) < 4.78 is 38.0. The van der Waals surface area contributed by atoms with E-state index in [0.29, 0.717) is 18.9 Å². The zero-order chi connectivity index (χ0) is 17.3. The van der Waals surface area contributed by atoms with Crippen molar-refractivity contribution in [3.8, 4) is 11.5 Å². The van der Waals surface area contributed by atoms with Gasteiger partial charge in [0.25, 0.3) is 0 Å². The smallest absolute Gasteiger partial charge is 0.319 e. The van der Waals surface area contributed by atoms with Crippen LogP contribution in [0.25, 0.3) is 0 Å². The van der Waals surface area contributed by atoms with E-state index in [4.69, 9.17) is 9.47 Å². The molecule has 0 saturated heterocycles. The maximum atomic E-state index is 12.9. The second kappa shape index (κ2) is 6.76. The second-order valence-corrected chi connectivity index (χ2v) is 6.11. The van der Waals surface area contributed by atoms with Gasteiger partial charge in [-0.3, -0.25) is 9.47 Å². The van der Waals surface area contributed by atoms with Crippen molar-refractivity contribution in [3.05, 3.63) is 41.5 Å². The van der Waals surface area contributed by atoms with Crippen molar-refractivity contribution in [3.63, 3.8) is 0 Å². The van der Waals surface area contributed by atoms with Gasteiger partial charge in [-0.25, -0.2) is 4.98 Å². The average Bonchev–Trinajstić information content (AvgIpc) is 3.12. The molecular formula is C17H21F2N3O2. The standard InChI is InChI=1S/C17H21F2N3O2/c1-11-6-12-7-14(23-3)8-13(16(12)24-11)9-21(2)10-15-20-4-5-22(15)17(18)19/h4-5,7-8,11,17H,6,9-10H2,1-3H3. The van der Waals surface area contributed by atoms with Crippen LogP contribution in [-0.4, -0.2) is 34.7 Å². The van der Waals surface area contributed by atoms with E-state index in [0.717, 1.165) is 33.6 Å². The van der Waals surface area contributed by atoms with Crippen molar-refractivity contribution >= 4 is 0 Å². The summed E-state index contributed by atoms with van der Waals surface area (Å²) in [4.78, 5) is 5.96. The Bertz CT molecular complexity index is 718. The van der Waals surface area contributed by atoms with Gasteiger partial charge in [-0.2, -0.15) is 8.78 Å². The third-order valence-corrected chi connectivity index (χ3v) is 4.09. The van der Waals surface area contributed by atoms with Gasteiger partial charge in [0.1, 0.15) is 23.4 Å². The lowest BCUT2D eigenvalue weighted by molar-refractivity contribution is 0.0644. The molecule has 1 atom stereocenters. The molecule has 0 fully saturated rings. The predicted molar refractivity (Wildman–Crippen MR) is 85.4 cm³/mol. The molecule has 0 aliphatic carbocycles. The number of alkyl halides is 2. The van der Waals surface area contributed by atoms with Crippen LogP contribution < -0.4 is 9.47 Å². The first-order valence-corrected chi connectivity index (χ1v) is 7.82. The Morgan fingerprint density at radius 3 is 2.92 bits per heavy atom. The van der Waals surface area contributed by atoms with Gasteiger partial charge in [-0.05, 0) is 26.1 Å². The van der Waals surface area contributed by atoms with Crippen LogP contribution in [0, 0.1) is 0 Å². The van der Waals surface area contributed by atoms with Crippen LogP contribution in [0.3, 0.4) is 0 Å². The number of methoxy groups -OCH3 is 1. The Kier molecular flexibility index (Phi) is 4.71. The van der Waals surface area contributed by atoms with E-state index in [1.807, 2.05) is 31.0 Å². The molecule has 0 spiro atoms. The fourth-order valence-corrected chi connectivity index (χ4v) is 3.05. The zero-order valence-corrected chi connectivity index (χ0v) is 14.0. The minimum absolute atomic E-state index is 0.133. The first kappa shape index (κ1) is 16.7. The van der Waals surface area contributed by atoms with E-state index in [1.54, 1.807) is 7.11 Å². The van der Waals surface area contributed by atoms with E-state index < -0.39 is 6.55 Å². The highest BCUT2D eigenvalue weighted by atomic mass is 19.3. The minimum atomic E-state index is -2.58. The fourth-order valence-electron chi connectivity index (χ4n) is 3.05. The van der Waals surface area contributed by atoms with Crippen LogP contribution in [0.1, 0.15) is 30.4 Å². The van der Waals surface area contributed by atoms with Crippen LogP contribution in [0.2, 0.25) is 0 Å². The second-order valence-electron chi connectivity index (χ2n) is 6.11.